The summed E-state index contributed by atoms with van der Waals surface area (Å²) in [6.07, 6.45) is 5.47. The van der Waals surface area contributed by atoms with Crippen LogP contribution in [0.3, 0.4) is 0 Å². The molecule has 1 atom stereocenters. The molecule has 1 aliphatic carbocycles. The van der Waals surface area contributed by atoms with Gasteiger partial charge >= 0.3 is 0 Å². The fourth-order valence-corrected chi connectivity index (χ4v) is 6.95. The molecule has 0 unspecified atom stereocenters. The standard InChI is InChI=1S/C32H37Cl2N3O4S/c1-3-30(32(39)35-25-12-8-5-9-13-25)36(21-24-10-6-4-7-11-24)31(38)22-37(26-16-19-28(33)29(34)20-26)42(40,41)27-17-14-23(2)15-18-27/h4,6-7,10-11,14-20,25,30H,3,5,8-9,12-13,21-22H2,1-2H3,(H,35,39)/t30-/m0/s1. The molecule has 0 radical (unpaired) electrons. The molecular formula is C32H37Cl2N3O4S. The van der Waals surface area contributed by atoms with Crippen LogP contribution in [-0.4, -0.2) is 43.8 Å². The summed E-state index contributed by atoms with van der Waals surface area (Å²) in [7, 11) is -4.19. The number of halogens is 2. The average Bonchev–Trinajstić information content (AvgIpc) is 2.98. The monoisotopic (exact) mass is 629 g/mol. The number of rotatable bonds is 11. The normalized spacial score (nSPS) is 14.7. The van der Waals surface area contributed by atoms with Gasteiger partial charge in [-0.25, -0.2) is 8.42 Å². The van der Waals surface area contributed by atoms with Gasteiger partial charge in [0.2, 0.25) is 11.8 Å². The van der Waals surface area contributed by atoms with Crippen LogP contribution in [-0.2, 0) is 26.2 Å². The van der Waals surface area contributed by atoms with Gasteiger partial charge in [-0.2, -0.15) is 0 Å². The van der Waals surface area contributed by atoms with Gasteiger partial charge in [0.15, 0.2) is 0 Å². The number of hydrogen-bond acceptors (Lipinski definition) is 4. The Morgan fingerprint density at radius 2 is 1.60 bits per heavy atom. The second kappa shape index (κ2) is 14.4. The maximum Gasteiger partial charge on any atom is 0.264 e. The van der Waals surface area contributed by atoms with Crippen LogP contribution in [0.5, 0.6) is 0 Å². The molecule has 1 N–H and O–H groups in total. The predicted octanol–water partition coefficient (Wildman–Crippen LogP) is 6.75. The van der Waals surface area contributed by atoms with Gasteiger partial charge < -0.3 is 10.2 Å². The minimum atomic E-state index is -4.19. The summed E-state index contributed by atoms with van der Waals surface area (Å²) in [5.74, 6) is -0.734. The summed E-state index contributed by atoms with van der Waals surface area (Å²) >= 11 is 12.4. The Kier molecular flexibility index (Phi) is 10.9. The van der Waals surface area contributed by atoms with Crippen molar-refractivity contribution in [2.24, 2.45) is 0 Å². The molecule has 3 aromatic carbocycles. The lowest BCUT2D eigenvalue weighted by atomic mass is 9.95. The Morgan fingerprint density at radius 3 is 2.21 bits per heavy atom. The van der Waals surface area contributed by atoms with E-state index in [0.717, 1.165) is 47.5 Å². The third-order valence-corrected chi connectivity index (χ3v) is 10.1. The van der Waals surface area contributed by atoms with Crippen molar-refractivity contribution in [2.75, 3.05) is 10.8 Å². The number of anilines is 1. The van der Waals surface area contributed by atoms with E-state index in [2.05, 4.69) is 5.32 Å². The van der Waals surface area contributed by atoms with Gasteiger partial charge in [0.05, 0.1) is 20.6 Å². The summed E-state index contributed by atoms with van der Waals surface area (Å²) < 4.78 is 29.0. The number of sulfonamides is 1. The van der Waals surface area contributed by atoms with Crippen LogP contribution in [0.4, 0.5) is 5.69 Å². The molecule has 42 heavy (non-hydrogen) atoms. The molecule has 0 aliphatic heterocycles. The SMILES string of the molecule is CC[C@@H](C(=O)NC1CCCCC1)N(Cc1ccccc1)C(=O)CN(c1ccc(Cl)c(Cl)c1)S(=O)(=O)c1ccc(C)cc1. The van der Waals surface area contributed by atoms with E-state index in [4.69, 9.17) is 23.2 Å². The molecule has 7 nitrogen and oxygen atoms in total. The highest BCUT2D eigenvalue weighted by molar-refractivity contribution is 7.92. The van der Waals surface area contributed by atoms with Crippen molar-refractivity contribution in [2.45, 2.75) is 75.9 Å². The van der Waals surface area contributed by atoms with Gasteiger partial charge in [0.1, 0.15) is 12.6 Å². The number of hydrogen-bond donors (Lipinski definition) is 1. The summed E-state index contributed by atoms with van der Waals surface area (Å²) in [5, 5.41) is 3.57. The van der Waals surface area contributed by atoms with Crippen LogP contribution in [0.1, 0.15) is 56.6 Å². The second-order valence-corrected chi connectivity index (χ2v) is 13.4. The van der Waals surface area contributed by atoms with E-state index < -0.39 is 28.5 Å². The highest BCUT2D eigenvalue weighted by Crippen LogP contribution is 2.31. The van der Waals surface area contributed by atoms with Crippen molar-refractivity contribution < 1.29 is 18.0 Å². The molecule has 3 aromatic rings. The fourth-order valence-electron chi connectivity index (χ4n) is 5.25. The van der Waals surface area contributed by atoms with Gasteiger partial charge in [-0.15, -0.1) is 0 Å². The Hall–Kier alpha value is -3.07. The van der Waals surface area contributed by atoms with Gasteiger partial charge in [-0.3, -0.25) is 13.9 Å². The first-order valence-electron chi connectivity index (χ1n) is 14.3. The van der Waals surface area contributed by atoms with Crippen LogP contribution in [0.2, 0.25) is 10.0 Å². The smallest absolute Gasteiger partial charge is 0.264 e. The van der Waals surface area contributed by atoms with Crippen LogP contribution >= 0.6 is 23.2 Å². The summed E-state index contributed by atoms with van der Waals surface area (Å²) in [6, 6.07) is 19.5. The molecule has 2 amide bonds. The van der Waals surface area contributed by atoms with E-state index in [0.29, 0.717) is 6.42 Å². The molecule has 0 spiro atoms. The molecule has 0 heterocycles. The molecule has 0 aromatic heterocycles. The number of benzene rings is 3. The lowest BCUT2D eigenvalue weighted by molar-refractivity contribution is -0.140. The van der Waals surface area contributed by atoms with E-state index in [1.54, 1.807) is 12.1 Å². The van der Waals surface area contributed by atoms with Crippen molar-refractivity contribution in [3.63, 3.8) is 0 Å². The van der Waals surface area contributed by atoms with E-state index in [1.165, 1.54) is 35.2 Å². The minimum absolute atomic E-state index is 0.0312. The van der Waals surface area contributed by atoms with Crippen molar-refractivity contribution in [1.29, 1.82) is 0 Å². The maximum atomic E-state index is 14.2. The van der Waals surface area contributed by atoms with E-state index >= 15 is 0 Å². The Bertz CT molecular complexity index is 1480. The first kappa shape index (κ1) is 31.9. The summed E-state index contributed by atoms with van der Waals surface area (Å²) in [5.41, 5.74) is 1.92. The third kappa shape index (κ3) is 7.85. The first-order valence-corrected chi connectivity index (χ1v) is 16.5. The zero-order valence-electron chi connectivity index (χ0n) is 23.9. The molecule has 1 aliphatic rings. The van der Waals surface area contributed by atoms with E-state index in [-0.39, 0.29) is 39.1 Å². The van der Waals surface area contributed by atoms with Crippen LogP contribution in [0.15, 0.2) is 77.7 Å². The van der Waals surface area contributed by atoms with Gasteiger partial charge in [-0.05, 0) is 62.1 Å². The number of aryl methyl sites for hydroxylation is 1. The Labute approximate surface area is 258 Å². The van der Waals surface area contributed by atoms with Gasteiger partial charge in [0.25, 0.3) is 10.0 Å². The van der Waals surface area contributed by atoms with E-state index in [9.17, 15) is 18.0 Å². The number of amides is 2. The largest absolute Gasteiger partial charge is 0.352 e. The van der Waals surface area contributed by atoms with Crippen LogP contribution in [0, 0.1) is 6.92 Å². The quantitative estimate of drug-likeness (QED) is 0.254. The van der Waals surface area contributed by atoms with Gasteiger partial charge in [-0.1, -0.05) is 97.4 Å². The zero-order chi connectivity index (χ0) is 30.3. The lowest BCUT2D eigenvalue weighted by Crippen LogP contribution is -2.54. The third-order valence-electron chi connectivity index (χ3n) is 7.61. The lowest BCUT2D eigenvalue weighted by Gasteiger charge is -2.34. The predicted molar refractivity (Wildman–Crippen MR) is 168 cm³/mol. The Balaban J connectivity index is 1.71. The van der Waals surface area contributed by atoms with E-state index in [1.807, 2.05) is 44.2 Å². The summed E-state index contributed by atoms with van der Waals surface area (Å²) in [4.78, 5) is 29.3. The minimum Gasteiger partial charge on any atom is -0.352 e. The average molecular weight is 631 g/mol. The number of nitrogens with zero attached hydrogens (tertiary/aromatic N) is 2. The van der Waals surface area contributed by atoms with Crippen molar-refractivity contribution >= 4 is 50.7 Å². The van der Waals surface area contributed by atoms with Gasteiger partial charge in [0, 0.05) is 12.6 Å². The Morgan fingerprint density at radius 1 is 0.929 bits per heavy atom. The zero-order valence-corrected chi connectivity index (χ0v) is 26.3. The summed E-state index contributed by atoms with van der Waals surface area (Å²) in [6.45, 7) is 3.34. The molecule has 1 saturated carbocycles. The number of carbonyl (C=O) groups is 2. The van der Waals surface area contributed by atoms with Crippen LogP contribution < -0.4 is 9.62 Å². The highest BCUT2D eigenvalue weighted by Gasteiger charge is 2.34. The maximum absolute atomic E-state index is 14.2. The van der Waals surface area contributed by atoms with Crippen molar-refractivity contribution in [3.05, 3.63) is 94.0 Å². The number of nitrogens with one attached hydrogen (secondary N) is 1. The topological polar surface area (TPSA) is 86.8 Å². The molecule has 10 heteroatoms. The molecule has 1 fully saturated rings. The molecular weight excluding hydrogens is 593 g/mol. The molecule has 0 bridgehead atoms. The van der Waals surface area contributed by atoms with Crippen LogP contribution in [0.25, 0.3) is 0 Å². The fraction of sp³-hybridized carbons (Fsp3) is 0.375. The van der Waals surface area contributed by atoms with Crippen molar-refractivity contribution in [1.82, 2.24) is 10.2 Å². The van der Waals surface area contributed by atoms with Crippen molar-refractivity contribution in [3.8, 4) is 0 Å². The molecule has 4 rings (SSSR count). The second-order valence-electron chi connectivity index (χ2n) is 10.7. The molecule has 224 valence electrons. The number of carbonyl (C=O) groups excluding carboxylic acids is 2. The highest BCUT2D eigenvalue weighted by atomic mass is 35.5. The molecule has 0 saturated heterocycles. The first-order chi connectivity index (χ1) is 20.1.